The number of benzene rings is 1. The second-order valence-corrected chi connectivity index (χ2v) is 4.19. The summed E-state index contributed by atoms with van der Waals surface area (Å²) in [6.07, 6.45) is 1.28. The van der Waals surface area contributed by atoms with Gasteiger partial charge < -0.3 is 4.52 Å². The van der Waals surface area contributed by atoms with E-state index in [1.807, 2.05) is 60.7 Å². The maximum atomic E-state index is 8.93. The van der Waals surface area contributed by atoms with Gasteiger partial charge in [-0.25, -0.2) is 0 Å². The number of nitriles is 1. The van der Waals surface area contributed by atoms with Crippen molar-refractivity contribution in [3.05, 3.63) is 84.6 Å². The molecular weight excluding hydrogens is 290 g/mol. The lowest BCUT2D eigenvalue weighted by Crippen LogP contribution is -1.82. The summed E-state index contributed by atoms with van der Waals surface area (Å²) in [6.45, 7) is 0. The topological polar surface area (TPSA) is 88.5 Å². The van der Waals surface area contributed by atoms with Gasteiger partial charge in [0.2, 0.25) is 0 Å². The SMILES string of the molecule is N#Cc1ccccccccc2ccccc2onnnnc1. The standard InChI is InChI=1S/C17H13N5O/c18-13-15-9-5-3-1-2-4-6-10-16-11-7-8-12-17(16)23-22-21-20-19-14-15/h1-12,14H. The minimum atomic E-state index is 0.341. The predicted molar refractivity (Wildman–Crippen MR) is 85.0 cm³/mol. The first kappa shape index (κ1) is 15.8. The summed E-state index contributed by atoms with van der Waals surface area (Å²) in [5.74, 6) is 0. The molecule has 0 fully saturated rings. The third-order valence-electron chi connectivity index (χ3n) is 2.62. The van der Waals surface area contributed by atoms with Crippen molar-refractivity contribution in [1.29, 1.82) is 5.26 Å². The molecule has 6 heteroatoms. The van der Waals surface area contributed by atoms with Gasteiger partial charge in [-0.15, -0.1) is 5.10 Å². The van der Waals surface area contributed by atoms with Gasteiger partial charge in [0.05, 0.1) is 17.0 Å². The lowest BCUT2D eigenvalue weighted by molar-refractivity contribution is 0.386. The highest BCUT2D eigenvalue weighted by molar-refractivity contribution is 5.75. The van der Waals surface area contributed by atoms with Crippen molar-refractivity contribution < 1.29 is 4.52 Å². The lowest BCUT2D eigenvalue weighted by Gasteiger charge is -1.87. The molecule has 2 rings (SSSR count). The lowest BCUT2D eigenvalue weighted by atomic mass is 10.2. The van der Waals surface area contributed by atoms with Gasteiger partial charge >= 0.3 is 0 Å². The van der Waals surface area contributed by atoms with Crippen LogP contribution in [0.15, 0.2) is 83.5 Å². The van der Waals surface area contributed by atoms with E-state index in [2.05, 4.69) is 20.8 Å². The predicted octanol–water partition coefficient (Wildman–Crippen LogP) is 3.26. The number of fused-ring (bicyclic) bond motifs is 1. The van der Waals surface area contributed by atoms with Crippen LogP contribution < -0.4 is 0 Å². The smallest absolute Gasteiger partial charge is 0.167 e. The van der Waals surface area contributed by atoms with E-state index in [-0.39, 0.29) is 0 Å². The van der Waals surface area contributed by atoms with E-state index in [9.17, 15) is 0 Å². The Bertz CT molecular complexity index is 869. The average molecular weight is 303 g/mol. The van der Waals surface area contributed by atoms with E-state index in [4.69, 9.17) is 9.78 Å². The molecule has 0 spiro atoms. The second kappa shape index (κ2) is 9.37. The fourth-order valence-corrected chi connectivity index (χ4v) is 1.58. The first-order valence-electron chi connectivity index (χ1n) is 6.75. The quantitative estimate of drug-likeness (QED) is 0.742. The van der Waals surface area contributed by atoms with Crippen LogP contribution in [0.2, 0.25) is 0 Å². The zero-order valence-electron chi connectivity index (χ0n) is 12.1. The van der Waals surface area contributed by atoms with Gasteiger partial charge in [-0.3, -0.25) is 0 Å². The number of hydrogen-bond donors (Lipinski definition) is 0. The van der Waals surface area contributed by atoms with E-state index in [0.29, 0.717) is 11.1 Å². The van der Waals surface area contributed by atoms with Gasteiger partial charge in [-0.1, -0.05) is 60.7 Å². The summed E-state index contributed by atoms with van der Waals surface area (Å²) in [6, 6.07) is 23.9. The molecular formula is C17H13N5O. The Labute approximate surface area is 133 Å². The van der Waals surface area contributed by atoms with Crippen LogP contribution in [0, 0.1) is 11.3 Å². The maximum absolute atomic E-state index is 8.93. The van der Waals surface area contributed by atoms with E-state index < -0.39 is 0 Å². The van der Waals surface area contributed by atoms with Crippen LogP contribution >= 0.6 is 0 Å². The largest absolute Gasteiger partial charge is 0.337 e. The van der Waals surface area contributed by atoms with Crippen LogP contribution in [-0.2, 0) is 0 Å². The molecule has 0 saturated heterocycles. The van der Waals surface area contributed by atoms with Gasteiger partial charge in [0.1, 0.15) is 6.07 Å². The molecule has 0 aliphatic carbocycles. The number of nitrogens with zero attached hydrogens (tertiary/aromatic N) is 5. The van der Waals surface area contributed by atoms with Crippen molar-refractivity contribution in [2.24, 2.45) is 0 Å². The van der Waals surface area contributed by atoms with Crippen molar-refractivity contribution >= 4 is 11.0 Å². The minimum Gasteiger partial charge on any atom is -0.337 e. The Morgan fingerprint density at radius 3 is 2.22 bits per heavy atom. The minimum absolute atomic E-state index is 0.341. The molecule has 0 radical (unpaired) electrons. The average Bonchev–Trinajstić information content (AvgIpc) is 2.59. The Balaban J connectivity index is 2.60. The van der Waals surface area contributed by atoms with E-state index in [1.165, 1.54) is 6.20 Å². The second-order valence-electron chi connectivity index (χ2n) is 4.19. The van der Waals surface area contributed by atoms with Gasteiger partial charge in [0, 0.05) is 10.6 Å². The zero-order chi connectivity index (χ0) is 16.2. The summed E-state index contributed by atoms with van der Waals surface area (Å²) in [5, 5.41) is 23.7. The molecule has 0 bridgehead atoms. The summed E-state index contributed by atoms with van der Waals surface area (Å²) in [5.41, 5.74) is 0.888. The highest BCUT2D eigenvalue weighted by Gasteiger charge is 1.87. The van der Waals surface area contributed by atoms with Crippen molar-refractivity contribution in [1.82, 2.24) is 20.8 Å². The molecule has 0 amide bonds. The van der Waals surface area contributed by atoms with E-state index in [1.54, 1.807) is 18.2 Å². The highest BCUT2D eigenvalue weighted by atomic mass is 16.5. The maximum Gasteiger partial charge on any atom is 0.167 e. The molecule has 23 heavy (non-hydrogen) atoms. The molecule has 1 aromatic heterocycles. The number of rotatable bonds is 0. The molecule has 0 atom stereocenters. The van der Waals surface area contributed by atoms with Gasteiger partial charge in [0.15, 0.2) is 5.58 Å². The Hall–Kier alpha value is -3.59. The normalized spacial score (nSPS) is 8.83. The van der Waals surface area contributed by atoms with E-state index >= 15 is 0 Å². The third-order valence-corrected chi connectivity index (χ3v) is 2.62. The van der Waals surface area contributed by atoms with Crippen LogP contribution in [0.25, 0.3) is 11.0 Å². The molecule has 2 aromatic rings. The first-order chi connectivity index (χ1) is 11.4. The monoisotopic (exact) mass is 303 g/mol. The summed E-state index contributed by atoms with van der Waals surface area (Å²) < 4.78 is 5.18. The summed E-state index contributed by atoms with van der Waals surface area (Å²) >= 11 is 0. The van der Waals surface area contributed by atoms with Crippen molar-refractivity contribution in [3.8, 4) is 6.07 Å². The fraction of sp³-hybridized carbons (Fsp3) is 0. The molecule has 0 aliphatic rings. The van der Waals surface area contributed by atoms with Crippen LogP contribution in [0.4, 0.5) is 0 Å². The van der Waals surface area contributed by atoms with Crippen LogP contribution in [-0.4, -0.2) is 20.8 Å². The molecule has 112 valence electrons. The number of hydrogen-bond acceptors (Lipinski definition) is 6. The number of para-hydroxylation sites is 1. The van der Waals surface area contributed by atoms with Crippen molar-refractivity contribution in [2.75, 3.05) is 0 Å². The highest BCUT2D eigenvalue weighted by Crippen LogP contribution is 2.07. The molecule has 0 N–H and O–H groups in total. The van der Waals surface area contributed by atoms with Crippen molar-refractivity contribution in [2.45, 2.75) is 0 Å². The summed E-state index contributed by atoms with van der Waals surface area (Å²) in [4.78, 5) is 0. The Kier molecular flexibility index (Phi) is 6.43. The molecule has 6 nitrogen and oxygen atoms in total. The van der Waals surface area contributed by atoms with Gasteiger partial charge in [-0.05, 0) is 17.3 Å². The molecule has 0 aliphatic heterocycles. The van der Waals surface area contributed by atoms with Gasteiger partial charge in [-0.2, -0.15) is 5.26 Å². The van der Waals surface area contributed by atoms with Crippen molar-refractivity contribution in [3.63, 3.8) is 0 Å². The zero-order valence-corrected chi connectivity index (χ0v) is 12.1. The van der Waals surface area contributed by atoms with Crippen LogP contribution in [0.1, 0.15) is 5.56 Å². The molecule has 0 unspecified atom stereocenters. The number of aromatic nitrogens is 4. The third kappa shape index (κ3) is 5.73. The van der Waals surface area contributed by atoms with Crippen LogP contribution in [0.3, 0.4) is 0 Å². The first-order valence-corrected chi connectivity index (χ1v) is 6.75. The Morgan fingerprint density at radius 2 is 1.43 bits per heavy atom. The summed E-state index contributed by atoms with van der Waals surface area (Å²) in [7, 11) is 0. The Morgan fingerprint density at radius 1 is 0.783 bits per heavy atom. The fourth-order valence-electron chi connectivity index (χ4n) is 1.58. The van der Waals surface area contributed by atoms with E-state index in [0.717, 1.165) is 5.39 Å². The van der Waals surface area contributed by atoms with Gasteiger partial charge in [0.25, 0.3) is 0 Å². The molecule has 1 aromatic carbocycles. The molecule has 0 saturated carbocycles. The molecule has 1 heterocycles. The van der Waals surface area contributed by atoms with Crippen LogP contribution in [0.5, 0.6) is 0 Å².